The summed E-state index contributed by atoms with van der Waals surface area (Å²) in [7, 11) is 0. The molecule has 0 atom stereocenters. The van der Waals surface area contributed by atoms with Gasteiger partial charge in [0.1, 0.15) is 0 Å². The average Bonchev–Trinajstić information content (AvgIpc) is 3.03. The molecule has 8 heteroatoms. The van der Waals surface area contributed by atoms with Crippen LogP contribution < -0.4 is 5.32 Å². The summed E-state index contributed by atoms with van der Waals surface area (Å²) in [5.41, 5.74) is -0.126. The molecule has 25 heavy (non-hydrogen) atoms. The van der Waals surface area contributed by atoms with Gasteiger partial charge in [-0.2, -0.15) is 13.2 Å². The minimum absolute atomic E-state index is 0.0206. The Morgan fingerprint density at radius 1 is 1.12 bits per heavy atom. The fourth-order valence-electron chi connectivity index (χ4n) is 3.13. The van der Waals surface area contributed by atoms with E-state index in [-0.39, 0.29) is 12.3 Å². The number of halogens is 3. The van der Waals surface area contributed by atoms with E-state index in [1.54, 1.807) is 4.90 Å². The van der Waals surface area contributed by atoms with Gasteiger partial charge in [0.25, 0.3) is 0 Å². The van der Waals surface area contributed by atoms with Gasteiger partial charge in [0.2, 0.25) is 5.91 Å². The second kappa shape index (κ2) is 7.21. The molecule has 1 aromatic rings. The van der Waals surface area contributed by atoms with Crippen molar-refractivity contribution in [3.63, 3.8) is 0 Å². The Morgan fingerprint density at radius 2 is 1.72 bits per heavy atom. The van der Waals surface area contributed by atoms with E-state index in [4.69, 9.17) is 9.47 Å². The lowest BCUT2D eigenvalue weighted by Gasteiger charge is -2.37. The standard InChI is InChI=1S/C17H21F3N2O3/c18-17(19,20)13-1-3-14(4-2-13)21-8-5-15(23)22-9-6-16(7-10-22)24-11-12-25-16/h1-4,21H,5-12H2. The minimum atomic E-state index is -4.34. The molecular formula is C17H21F3N2O3. The zero-order chi connectivity index (χ0) is 17.9. The van der Waals surface area contributed by atoms with Crippen LogP contribution in [0.2, 0.25) is 0 Å². The Bertz CT molecular complexity index is 588. The Hall–Kier alpha value is -1.80. The smallest absolute Gasteiger partial charge is 0.385 e. The van der Waals surface area contributed by atoms with Crippen LogP contribution in [0.15, 0.2) is 24.3 Å². The van der Waals surface area contributed by atoms with Crippen molar-refractivity contribution >= 4 is 11.6 Å². The number of amides is 1. The molecule has 1 spiro atoms. The van der Waals surface area contributed by atoms with Gasteiger partial charge in [0.05, 0.1) is 18.8 Å². The van der Waals surface area contributed by atoms with Crippen LogP contribution in [0.1, 0.15) is 24.8 Å². The Morgan fingerprint density at radius 3 is 2.28 bits per heavy atom. The number of hydrogen-bond acceptors (Lipinski definition) is 4. The molecule has 1 amide bonds. The second-order valence-electron chi connectivity index (χ2n) is 6.24. The number of carbonyl (C=O) groups is 1. The number of hydrogen-bond donors (Lipinski definition) is 1. The van der Waals surface area contributed by atoms with Crippen LogP contribution in [0.4, 0.5) is 18.9 Å². The fourth-order valence-corrected chi connectivity index (χ4v) is 3.13. The molecule has 1 N–H and O–H groups in total. The van der Waals surface area contributed by atoms with E-state index < -0.39 is 17.5 Å². The summed E-state index contributed by atoms with van der Waals surface area (Å²) >= 11 is 0. The second-order valence-corrected chi connectivity index (χ2v) is 6.24. The third-order valence-electron chi connectivity index (χ3n) is 4.57. The van der Waals surface area contributed by atoms with E-state index in [0.717, 1.165) is 12.1 Å². The summed E-state index contributed by atoms with van der Waals surface area (Å²) < 4.78 is 48.8. The topological polar surface area (TPSA) is 50.8 Å². The molecule has 0 unspecified atom stereocenters. The third-order valence-corrected chi connectivity index (χ3v) is 4.57. The summed E-state index contributed by atoms with van der Waals surface area (Å²) in [5.74, 6) is -0.484. The summed E-state index contributed by atoms with van der Waals surface area (Å²) in [5, 5.41) is 2.98. The van der Waals surface area contributed by atoms with Crippen molar-refractivity contribution < 1.29 is 27.4 Å². The monoisotopic (exact) mass is 358 g/mol. The molecule has 3 rings (SSSR count). The van der Waals surface area contributed by atoms with Gasteiger partial charge >= 0.3 is 6.18 Å². The van der Waals surface area contributed by atoms with Crippen LogP contribution >= 0.6 is 0 Å². The number of rotatable bonds is 4. The van der Waals surface area contributed by atoms with Crippen LogP contribution in [0.5, 0.6) is 0 Å². The summed E-state index contributed by atoms with van der Waals surface area (Å²) in [4.78, 5) is 14.0. The van der Waals surface area contributed by atoms with Crippen molar-refractivity contribution in [2.75, 3.05) is 38.2 Å². The minimum Gasteiger partial charge on any atom is -0.385 e. The normalized spacial score (nSPS) is 20.0. The van der Waals surface area contributed by atoms with Crippen molar-refractivity contribution in [3.05, 3.63) is 29.8 Å². The van der Waals surface area contributed by atoms with Gasteiger partial charge < -0.3 is 19.7 Å². The molecule has 2 saturated heterocycles. The molecule has 2 heterocycles. The molecule has 138 valence electrons. The van der Waals surface area contributed by atoms with Gasteiger partial charge in [-0.3, -0.25) is 4.79 Å². The maximum atomic E-state index is 12.5. The maximum Gasteiger partial charge on any atom is 0.416 e. The Balaban J connectivity index is 1.41. The molecule has 2 aliphatic heterocycles. The van der Waals surface area contributed by atoms with Crippen LogP contribution in [0.3, 0.4) is 0 Å². The molecule has 2 aliphatic rings. The van der Waals surface area contributed by atoms with Crippen molar-refractivity contribution in [1.29, 1.82) is 0 Å². The highest BCUT2D eigenvalue weighted by Gasteiger charge is 2.40. The van der Waals surface area contributed by atoms with Crippen LogP contribution in [0, 0.1) is 0 Å². The quantitative estimate of drug-likeness (QED) is 0.899. The number of nitrogens with one attached hydrogen (secondary N) is 1. The molecule has 0 aromatic heterocycles. The van der Waals surface area contributed by atoms with Crippen molar-refractivity contribution in [2.45, 2.75) is 31.2 Å². The SMILES string of the molecule is O=C(CCNc1ccc(C(F)(F)F)cc1)N1CCC2(CC1)OCCO2. The van der Waals surface area contributed by atoms with Gasteiger partial charge in [-0.15, -0.1) is 0 Å². The van der Waals surface area contributed by atoms with Crippen molar-refractivity contribution in [3.8, 4) is 0 Å². The van der Waals surface area contributed by atoms with E-state index in [0.29, 0.717) is 51.4 Å². The van der Waals surface area contributed by atoms with Crippen LogP contribution in [-0.4, -0.2) is 49.4 Å². The molecular weight excluding hydrogens is 337 g/mol. The predicted molar refractivity (Wildman–Crippen MR) is 85.0 cm³/mol. The average molecular weight is 358 g/mol. The lowest BCUT2D eigenvalue weighted by molar-refractivity contribution is -0.187. The van der Waals surface area contributed by atoms with Gasteiger partial charge in [-0.05, 0) is 24.3 Å². The lowest BCUT2D eigenvalue weighted by Crippen LogP contribution is -2.47. The molecule has 0 bridgehead atoms. The van der Waals surface area contributed by atoms with E-state index in [1.165, 1.54) is 12.1 Å². The first-order valence-corrected chi connectivity index (χ1v) is 8.35. The number of ether oxygens (including phenoxy) is 2. The molecule has 2 fully saturated rings. The van der Waals surface area contributed by atoms with E-state index in [9.17, 15) is 18.0 Å². The number of anilines is 1. The highest BCUT2D eigenvalue weighted by atomic mass is 19.4. The first kappa shape index (κ1) is 18.0. The van der Waals surface area contributed by atoms with Gasteiger partial charge in [-0.25, -0.2) is 0 Å². The fraction of sp³-hybridized carbons (Fsp3) is 0.588. The summed E-state index contributed by atoms with van der Waals surface area (Å²) in [6, 6.07) is 4.78. The maximum absolute atomic E-state index is 12.5. The third kappa shape index (κ3) is 4.43. The largest absolute Gasteiger partial charge is 0.416 e. The van der Waals surface area contributed by atoms with E-state index >= 15 is 0 Å². The predicted octanol–water partition coefficient (Wildman–Crippen LogP) is 2.87. The first-order valence-electron chi connectivity index (χ1n) is 8.35. The molecule has 0 saturated carbocycles. The highest BCUT2D eigenvalue weighted by Crippen LogP contribution is 2.31. The number of alkyl halides is 3. The number of piperidine rings is 1. The zero-order valence-corrected chi connectivity index (χ0v) is 13.8. The number of likely N-dealkylation sites (tertiary alicyclic amines) is 1. The van der Waals surface area contributed by atoms with Gasteiger partial charge in [0.15, 0.2) is 5.79 Å². The van der Waals surface area contributed by atoms with Gasteiger partial charge in [-0.1, -0.05) is 0 Å². The number of carbonyl (C=O) groups excluding carboxylic acids is 1. The summed E-state index contributed by atoms with van der Waals surface area (Å²) in [6.07, 6.45) is -2.71. The first-order chi connectivity index (χ1) is 11.9. The van der Waals surface area contributed by atoms with E-state index in [1.807, 2.05) is 0 Å². The zero-order valence-electron chi connectivity index (χ0n) is 13.8. The lowest BCUT2D eigenvalue weighted by atomic mass is 10.0. The van der Waals surface area contributed by atoms with Crippen molar-refractivity contribution in [1.82, 2.24) is 4.90 Å². The molecule has 0 aliphatic carbocycles. The highest BCUT2D eigenvalue weighted by molar-refractivity contribution is 5.76. The molecule has 0 radical (unpaired) electrons. The number of nitrogens with zero attached hydrogens (tertiary/aromatic N) is 1. The summed E-state index contributed by atoms with van der Waals surface area (Å²) in [6.45, 7) is 2.77. The van der Waals surface area contributed by atoms with E-state index in [2.05, 4.69) is 5.32 Å². The Labute approximate surface area is 144 Å². The Kier molecular flexibility index (Phi) is 5.19. The van der Waals surface area contributed by atoms with Crippen LogP contribution in [0.25, 0.3) is 0 Å². The van der Waals surface area contributed by atoms with Crippen molar-refractivity contribution in [2.24, 2.45) is 0 Å². The molecule has 1 aromatic carbocycles. The molecule has 5 nitrogen and oxygen atoms in total. The number of benzene rings is 1. The van der Waals surface area contributed by atoms with Gasteiger partial charge in [0, 0.05) is 44.6 Å². The van der Waals surface area contributed by atoms with Crippen LogP contribution in [-0.2, 0) is 20.4 Å².